The third-order valence-electron chi connectivity index (χ3n) is 4.97. The molecule has 0 radical (unpaired) electrons. The Hall–Kier alpha value is -0.393. The number of piperidine rings is 1. The summed E-state index contributed by atoms with van der Waals surface area (Å²) in [6.07, 6.45) is 3.36. The van der Waals surface area contributed by atoms with Crippen molar-refractivity contribution < 1.29 is 0 Å². The lowest BCUT2D eigenvalue weighted by atomic mass is 9.86. The Morgan fingerprint density at radius 3 is 2.43 bits per heavy atom. The van der Waals surface area contributed by atoms with Crippen LogP contribution in [0.5, 0.6) is 0 Å². The predicted octanol–water partition coefficient (Wildman–Crippen LogP) is 6.21. The molecule has 3 atom stereocenters. The summed E-state index contributed by atoms with van der Waals surface area (Å²) in [7, 11) is -1.28. The topological polar surface area (TPSA) is 3.24 Å². The first-order chi connectivity index (χ1) is 10.8. The molecule has 1 aliphatic heterocycles. The summed E-state index contributed by atoms with van der Waals surface area (Å²) in [6, 6.07) is 11.9. The van der Waals surface area contributed by atoms with Gasteiger partial charge in [0, 0.05) is 24.5 Å². The molecular formula is C20H30INSi. The van der Waals surface area contributed by atoms with Gasteiger partial charge in [-0.2, -0.15) is 0 Å². The van der Waals surface area contributed by atoms with Crippen LogP contribution in [0.2, 0.25) is 19.6 Å². The number of halogens is 1. The fourth-order valence-electron chi connectivity index (χ4n) is 3.51. The maximum absolute atomic E-state index is 4.12. The Bertz CT molecular complexity index is 573. The van der Waals surface area contributed by atoms with Crippen molar-refractivity contribution in [1.82, 2.24) is 4.90 Å². The first-order valence-electron chi connectivity index (χ1n) is 8.58. The summed E-state index contributed by atoms with van der Waals surface area (Å²) < 4.78 is 1.64. The maximum Gasteiger partial charge on any atom is 0.0854 e. The normalized spacial score (nSPS) is 26.7. The number of likely N-dealkylation sites (tertiary alicyclic amines) is 1. The molecule has 3 heteroatoms. The van der Waals surface area contributed by atoms with E-state index < -0.39 is 8.07 Å². The molecule has 0 aromatic heterocycles. The minimum absolute atomic E-state index is 0.456. The number of benzene rings is 1. The van der Waals surface area contributed by atoms with Crippen molar-refractivity contribution in [2.75, 3.05) is 6.54 Å². The molecule has 23 heavy (non-hydrogen) atoms. The van der Waals surface area contributed by atoms with E-state index in [1.807, 2.05) is 0 Å². The average Bonchev–Trinajstić information content (AvgIpc) is 2.53. The number of nitrogens with zero attached hydrogens (tertiary/aromatic N) is 1. The van der Waals surface area contributed by atoms with Gasteiger partial charge in [0.05, 0.1) is 8.07 Å². The fraction of sp³-hybridized carbons (Fsp3) is 0.500. The standard InChI is InChI=1S/C20H30INSi/c1-7-17-13-15(2)22(14-19(17)20(21)23(4,5)6)16(3)18-11-9-8-10-12-18/h7-12,15-17H,1,13-14H2,2-6H3/b20-19-/t15-,16-,17+/m1/s1. The molecule has 1 fully saturated rings. The highest BCUT2D eigenvalue weighted by atomic mass is 127. The summed E-state index contributed by atoms with van der Waals surface area (Å²) >= 11 is 2.63. The molecule has 1 nitrogen and oxygen atoms in total. The van der Waals surface area contributed by atoms with Crippen molar-refractivity contribution in [1.29, 1.82) is 0 Å². The highest BCUT2D eigenvalue weighted by molar-refractivity contribution is 14.1. The van der Waals surface area contributed by atoms with Crippen LogP contribution >= 0.6 is 22.6 Å². The number of hydrogen-bond acceptors (Lipinski definition) is 1. The van der Waals surface area contributed by atoms with Crippen LogP contribution in [-0.4, -0.2) is 25.6 Å². The first-order valence-corrected chi connectivity index (χ1v) is 13.2. The van der Waals surface area contributed by atoms with E-state index in [4.69, 9.17) is 0 Å². The van der Waals surface area contributed by atoms with Gasteiger partial charge in [-0.3, -0.25) is 4.90 Å². The highest BCUT2D eigenvalue weighted by Gasteiger charge is 2.34. The molecule has 0 amide bonds. The molecule has 1 heterocycles. The van der Waals surface area contributed by atoms with E-state index in [0.29, 0.717) is 18.0 Å². The highest BCUT2D eigenvalue weighted by Crippen LogP contribution is 2.39. The van der Waals surface area contributed by atoms with Crippen LogP contribution in [0.3, 0.4) is 0 Å². The third kappa shape index (κ3) is 4.37. The second-order valence-electron chi connectivity index (χ2n) is 7.78. The van der Waals surface area contributed by atoms with Crippen molar-refractivity contribution >= 4 is 30.7 Å². The molecule has 0 spiro atoms. The minimum atomic E-state index is -1.28. The Morgan fingerprint density at radius 1 is 1.30 bits per heavy atom. The molecule has 0 aliphatic carbocycles. The van der Waals surface area contributed by atoms with Crippen LogP contribution in [0.25, 0.3) is 0 Å². The summed E-state index contributed by atoms with van der Waals surface area (Å²) in [5.74, 6) is 0.544. The zero-order valence-electron chi connectivity index (χ0n) is 15.1. The van der Waals surface area contributed by atoms with Gasteiger partial charge in [0.15, 0.2) is 0 Å². The predicted molar refractivity (Wildman–Crippen MR) is 114 cm³/mol. The van der Waals surface area contributed by atoms with E-state index in [-0.39, 0.29) is 0 Å². The lowest BCUT2D eigenvalue weighted by molar-refractivity contribution is 0.128. The molecular weight excluding hydrogens is 409 g/mol. The van der Waals surface area contributed by atoms with Gasteiger partial charge in [-0.1, -0.05) is 78.6 Å². The zero-order valence-corrected chi connectivity index (χ0v) is 18.3. The van der Waals surface area contributed by atoms with Crippen molar-refractivity contribution in [3.8, 4) is 0 Å². The maximum atomic E-state index is 4.12. The van der Waals surface area contributed by atoms with Gasteiger partial charge in [0.25, 0.3) is 0 Å². The Balaban J connectivity index is 2.34. The van der Waals surface area contributed by atoms with Gasteiger partial charge in [-0.15, -0.1) is 6.58 Å². The Labute approximate surface area is 157 Å². The summed E-state index contributed by atoms with van der Waals surface area (Å²) in [5, 5.41) is 0. The van der Waals surface area contributed by atoms with E-state index in [2.05, 4.69) is 104 Å². The summed E-state index contributed by atoms with van der Waals surface area (Å²) in [4.78, 5) is 2.67. The zero-order chi connectivity index (χ0) is 17.2. The SMILES string of the molecule is C=C[C@H]1C[C@@H](C)N([C@H](C)c2ccccc2)C/C1=C(\I)[Si](C)(C)C. The van der Waals surface area contributed by atoms with Gasteiger partial charge >= 0.3 is 0 Å². The largest absolute Gasteiger partial charge is 0.290 e. The first kappa shape index (κ1) is 18.9. The van der Waals surface area contributed by atoms with Crippen LogP contribution in [-0.2, 0) is 0 Å². The monoisotopic (exact) mass is 439 g/mol. The van der Waals surface area contributed by atoms with Crippen LogP contribution in [0.15, 0.2) is 51.8 Å². The van der Waals surface area contributed by atoms with Gasteiger partial charge in [-0.05, 0) is 34.6 Å². The number of hydrogen-bond donors (Lipinski definition) is 0. The molecule has 0 N–H and O–H groups in total. The van der Waals surface area contributed by atoms with E-state index >= 15 is 0 Å². The lowest BCUT2D eigenvalue weighted by Crippen LogP contribution is -2.44. The molecule has 1 aromatic rings. The Kier molecular flexibility index (Phi) is 6.31. The van der Waals surface area contributed by atoms with E-state index in [1.54, 1.807) is 8.78 Å². The quantitative estimate of drug-likeness (QED) is 0.306. The molecule has 1 aromatic carbocycles. The summed E-state index contributed by atoms with van der Waals surface area (Å²) in [5.41, 5.74) is 3.04. The van der Waals surface area contributed by atoms with Crippen molar-refractivity contribution in [2.45, 2.75) is 52.0 Å². The molecule has 0 saturated carbocycles. The van der Waals surface area contributed by atoms with Crippen molar-refractivity contribution in [2.24, 2.45) is 5.92 Å². The van der Waals surface area contributed by atoms with Crippen LogP contribution in [0.1, 0.15) is 31.9 Å². The smallest absolute Gasteiger partial charge is 0.0854 e. The van der Waals surface area contributed by atoms with Gasteiger partial charge in [0.2, 0.25) is 0 Å². The lowest BCUT2D eigenvalue weighted by Gasteiger charge is -2.43. The third-order valence-corrected chi connectivity index (χ3v) is 12.2. The molecule has 0 unspecified atom stereocenters. The van der Waals surface area contributed by atoms with Crippen LogP contribution < -0.4 is 0 Å². The Morgan fingerprint density at radius 2 is 1.91 bits per heavy atom. The van der Waals surface area contributed by atoms with Gasteiger partial charge < -0.3 is 0 Å². The molecule has 1 aliphatic rings. The van der Waals surface area contributed by atoms with E-state index in [9.17, 15) is 0 Å². The van der Waals surface area contributed by atoms with Gasteiger partial charge in [0.1, 0.15) is 0 Å². The van der Waals surface area contributed by atoms with E-state index in [1.165, 1.54) is 12.0 Å². The molecule has 0 bridgehead atoms. The molecule has 2 rings (SSSR count). The van der Waals surface area contributed by atoms with Crippen molar-refractivity contribution in [3.63, 3.8) is 0 Å². The second kappa shape index (κ2) is 7.66. The second-order valence-corrected chi connectivity index (χ2v) is 14.9. The molecule has 1 saturated heterocycles. The number of allylic oxidation sites excluding steroid dienone is 1. The van der Waals surface area contributed by atoms with Crippen LogP contribution in [0.4, 0.5) is 0 Å². The van der Waals surface area contributed by atoms with Gasteiger partial charge in [-0.25, -0.2) is 0 Å². The number of rotatable bonds is 4. The molecule has 126 valence electrons. The van der Waals surface area contributed by atoms with Crippen molar-refractivity contribution in [3.05, 3.63) is 57.3 Å². The summed E-state index contributed by atoms with van der Waals surface area (Å²) in [6.45, 7) is 17.3. The van der Waals surface area contributed by atoms with E-state index in [0.717, 1.165) is 6.54 Å². The minimum Gasteiger partial charge on any atom is -0.290 e. The van der Waals surface area contributed by atoms with Crippen LogP contribution in [0, 0.1) is 5.92 Å². The fourth-order valence-corrected chi connectivity index (χ4v) is 5.31. The average molecular weight is 439 g/mol.